The fourth-order valence-corrected chi connectivity index (χ4v) is 0.734. The largest absolute Gasteiger partial charge is 0.578 e. The second-order valence-electron chi connectivity index (χ2n) is 2.89. The van der Waals surface area contributed by atoms with Crippen LogP contribution in [0.15, 0.2) is 10.6 Å². The SMILES string of the molecule is CC(C)[C@@H](C)c1cn[c-]o1.[Re]. The minimum Gasteiger partial charge on any atom is -0.578 e. The summed E-state index contributed by atoms with van der Waals surface area (Å²) in [5.74, 6) is 1.97. The summed E-state index contributed by atoms with van der Waals surface area (Å²) >= 11 is 0. The molecule has 2 nitrogen and oxygen atoms in total. The Morgan fingerprint density at radius 1 is 1.45 bits per heavy atom. The molecule has 0 unspecified atom stereocenters. The van der Waals surface area contributed by atoms with Gasteiger partial charge in [0.1, 0.15) is 6.39 Å². The van der Waals surface area contributed by atoms with Gasteiger partial charge in [0.05, 0.1) is 0 Å². The first kappa shape index (κ1) is 10.9. The Kier molecular flexibility index (Phi) is 4.64. The van der Waals surface area contributed by atoms with E-state index in [-0.39, 0.29) is 20.4 Å². The monoisotopic (exact) mass is 325 g/mol. The van der Waals surface area contributed by atoms with E-state index in [1.165, 1.54) is 0 Å². The number of oxazole rings is 1. The van der Waals surface area contributed by atoms with E-state index < -0.39 is 0 Å². The first-order valence-electron chi connectivity index (χ1n) is 3.53. The molecule has 0 aliphatic carbocycles. The van der Waals surface area contributed by atoms with Gasteiger partial charge in [-0.3, -0.25) is 0 Å². The van der Waals surface area contributed by atoms with Crippen molar-refractivity contribution in [1.29, 1.82) is 0 Å². The third-order valence-electron chi connectivity index (χ3n) is 1.86. The summed E-state index contributed by atoms with van der Waals surface area (Å²) < 4.78 is 5.02. The van der Waals surface area contributed by atoms with Gasteiger partial charge in [-0.1, -0.05) is 27.0 Å². The van der Waals surface area contributed by atoms with Gasteiger partial charge in [0.15, 0.2) is 0 Å². The molecule has 63 valence electrons. The third-order valence-corrected chi connectivity index (χ3v) is 1.86. The molecular formula is C8H12NORe-. The minimum absolute atomic E-state index is 0. The van der Waals surface area contributed by atoms with Crippen LogP contribution in [0.3, 0.4) is 0 Å². The van der Waals surface area contributed by atoms with Gasteiger partial charge in [-0.15, -0.1) is 0 Å². The summed E-state index contributed by atoms with van der Waals surface area (Å²) in [6, 6.07) is 0. The molecule has 0 saturated carbocycles. The molecule has 3 heteroatoms. The topological polar surface area (TPSA) is 26.0 Å². The maximum Gasteiger partial charge on any atom is 0.102 e. The van der Waals surface area contributed by atoms with Gasteiger partial charge in [-0.2, -0.15) is 0 Å². The Hall–Kier alpha value is -0.128. The molecule has 0 saturated heterocycles. The zero-order chi connectivity index (χ0) is 7.56. The molecule has 0 aromatic carbocycles. The average molecular weight is 324 g/mol. The van der Waals surface area contributed by atoms with Crippen LogP contribution in [0.2, 0.25) is 0 Å². The smallest absolute Gasteiger partial charge is 0.102 e. The van der Waals surface area contributed by atoms with Crippen LogP contribution < -0.4 is 0 Å². The number of hydrogen-bond donors (Lipinski definition) is 0. The summed E-state index contributed by atoms with van der Waals surface area (Å²) in [6.07, 6.45) is 4.17. The van der Waals surface area contributed by atoms with E-state index in [0.717, 1.165) is 5.76 Å². The molecule has 1 radical (unpaired) electrons. The van der Waals surface area contributed by atoms with Gasteiger partial charge >= 0.3 is 0 Å². The predicted molar refractivity (Wildman–Crippen MR) is 38.6 cm³/mol. The second kappa shape index (κ2) is 4.69. The van der Waals surface area contributed by atoms with Gasteiger partial charge in [0.25, 0.3) is 0 Å². The molecule has 0 fully saturated rings. The van der Waals surface area contributed by atoms with E-state index in [1.807, 2.05) is 0 Å². The van der Waals surface area contributed by atoms with E-state index in [4.69, 9.17) is 4.42 Å². The van der Waals surface area contributed by atoms with E-state index in [0.29, 0.717) is 11.8 Å². The Morgan fingerprint density at radius 2 is 2.09 bits per heavy atom. The summed E-state index contributed by atoms with van der Waals surface area (Å²) in [5, 5.41) is 0. The second-order valence-corrected chi connectivity index (χ2v) is 2.89. The Morgan fingerprint density at radius 3 is 2.45 bits per heavy atom. The van der Waals surface area contributed by atoms with E-state index >= 15 is 0 Å². The van der Waals surface area contributed by atoms with Crippen LogP contribution in [0, 0.1) is 12.3 Å². The van der Waals surface area contributed by atoms with Crippen molar-refractivity contribution in [2.24, 2.45) is 5.92 Å². The van der Waals surface area contributed by atoms with E-state index in [9.17, 15) is 0 Å². The third kappa shape index (κ3) is 2.77. The number of hydrogen-bond acceptors (Lipinski definition) is 2. The van der Waals surface area contributed by atoms with Crippen molar-refractivity contribution < 1.29 is 24.8 Å². The Bertz CT molecular complexity index is 184. The van der Waals surface area contributed by atoms with Crippen LogP contribution in [-0.2, 0) is 20.4 Å². The van der Waals surface area contributed by atoms with Crippen LogP contribution in [0.25, 0.3) is 0 Å². The minimum atomic E-state index is 0. The predicted octanol–water partition coefficient (Wildman–Crippen LogP) is 2.23. The van der Waals surface area contributed by atoms with Crippen LogP contribution in [0.1, 0.15) is 32.4 Å². The normalized spacial score (nSPS) is 12.7. The first-order valence-corrected chi connectivity index (χ1v) is 3.53. The summed E-state index contributed by atoms with van der Waals surface area (Å²) in [5.41, 5.74) is 0. The molecule has 0 bridgehead atoms. The van der Waals surface area contributed by atoms with Gasteiger partial charge in [-0.25, -0.2) is 0 Å². The molecule has 11 heavy (non-hydrogen) atoms. The van der Waals surface area contributed by atoms with Crippen molar-refractivity contribution in [2.45, 2.75) is 26.7 Å². The van der Waals surface area contributed by atoms with E-state index in [1.54, 1.807) is 6.20 Å². The molecule has 0 aliphatic rings. The van der Waals surface area contributed by atoms with Crippen LogP contribution >= 0.6 is 0 Å². The maximum absolute atomic E-state index is 5.02. The molecule has 0 aliphatic heterocycles. The van der Waals surface area contributed by atoms with Gasteiger partial charge in [-0.05, 0) is 17.6 Å². The van der Waals surface area contributed by atoms with Gasteiger partial charge in [0, 0.05) is 20.4 Å². The quantitative estimate of drug-likeness (QED) is 0.780. The van der Waals surface area contributed by atoms with Gasteiger partial charge < -0.3 is 9.40 Å². The van der Waals surface area contributed by atoms with Crippen molar-refractivity contribution in [1.82, 2.24) is 4.98 Å². The molecule has 0 spiro atoms. The van der Waals surface area contributed by atoms with Crippen molar-refractivity contribution >= 4 is 0 Å². The fraction of sp³-hybridized carbons (Fsp3) is 0.625. The van der Waals surface area contributed by atoms with E-state index in [2.05, 4.69) is 32.1 Å². The molecule has 0 N–H and O–H groups in total. The number of rotatable bonds is 2. The average Bonchev–Trinajstić information content (AvgIpc) is 2.36. The van der Waals surface area contributed by atoms with Crippen molar-refractivity contribution in [3.63, 3.8) is 0 Å². The molecule has 1 aromatic rings. The first-order chi connectivity index (χ1) is 4.72. The zero-order valence-corrected chi connectivity index (χ0v) is 9.68. The van der Waals surface area contributed by atoms with Crippen molar-refractivity contribution in [3.8, 4) is 0 Å². The summed E-state index contributed by atoms with van der Waals surface area (Å²) in [7, 11) is 0. The van der Waals surface area contributed by atoms with Crippen LogP contribution in [0.4, 0.5) is 0 Å². The molecule has 0 amide bonds. The van der Waals surface area contributed by atoms with Crippen molar-refractivity contribution in [3.05, 3.63) is 18.4 Å². The van der Waals surface area contributed by atoms with Gasteiger partial charge in [0.2, 0.25) is 0 Å². The number of aromatic nitrogens is 1. The Labute approximate surface area is 81.0 Å². The van der Waals surface area contributed by atoms with Crippen LogP contribution in [-0.4, -0.2) is 4.98 Å². The van der Waals surface area contributed by atoms with Crippen molar-refractivity contribution in [2.75, 3.05) is 0 Å². The summed E-state index contributed by atoms with van der Waals surface area (Å²) in [4.78, 5) is 3.73. The molecule has 1 rings (SSSR count). The summed E-state index contributed by atoms with van der Waals surface area (Å²) in [6.45, 7) is 6.44. The molecular weight excluding hydrogens is 312 g/mol. The molecule has 1 heterocycles. The fourth-order valence-electron chi connectivity index (χ4n) is 0.734. The molecule has 1 atom stereocenters. The molecule has 1 aromatic heterocycles. The zero-order valence-electron chi connectivity index (χ0n) is 6.97. The maximum atomic E-state index is 5.02. The standard InChI is InChI=1S/C8H12NO.Re/c1-6(2)7(3)8-4-9-5-10-8;/h4,6-7H,1-3H3;/q-1;/t7-;/m1./s1. The Balaban J connectivity index is 0.000001000. The van der Waals surface area contributed by atoms with Crippen LogP contribution in [0.5, 0.6) is 0 Å². The number of nitrogens with zero attached hydrogens (tertiary/aromatic N) is 1.